The van der Waals surface area contributed by atoms with E-state index in [0.717, 1.165) is 36.9 Å². The molecular weight excluding hydrogens is 196 g/mol. The molecule has 0 unspecified atom stereocenters. The minimum Gasteiger partial charge on any atom is -0.360 e. The smallest absolute Gasteiger partial charge is 0.202 e. The fraction of sp³-hybridized carbons (Fsp3) is 0.778. The standard InChI is InChI=1S/C9H18N4S/c1-4-8-11-9(14-12-8)10-6-5-7-13(2)3/h4-7H2,1-3H3,(H,10,11,12). The van der Waals surface area contributed by atoms with Crippen LogP contribution < -0.4 is 5.32 Å². The number of rotatable bonds is 6. The summed E-state index contributed by atoms with van der Waals surface area (Å²) in [5.41, 5.74) is 0. The Kier molecular flexibility index (Phi) is 4.82. The van der Waals surface area contributed by atoms with Crippen molar-refractivity contribution in [2.24, 2.45) is 0 Å². The van der Waals surface area contributed by atoms with Crippen molar-refractivity contribution < 1.29 is 0 Å². The van der Waals surface area contributed by atoms with Gasteiger partial charge in [-0.1, -0.05) is 6.92 Å². The molecule has 0 radical (unpaired) electrons. The molecule has 0 aliphatic heterocycles. The molecule has 1 rings (SSSR count). The Morgan fingerprint density at radius 1 is 1.43 bits per heavy atom. The van der Waals surface area contributed by atoms with Gasteiger partial charge in [-0.3, -0.25) is 0 Å². The summed E-state index contributed by atoms with van der Waals surface area (Å²) in [6, 6.07) is 0. The molecule has 0 aliphatic carbocycles. The fourth-order valence-corrected chi connectivity index (χ4v) is 1.73. The lowest BCUT2D eigenvalue weighted by molar-refractivity contribution is 0.405. The van der Waals surface area contributed by atoms with Crippen LogP contribution in [0.1, 0.15) is 19.2 Å². The van der Waals surface area contributed by atoms with Crippen LogP contribution in [0.25, 0.3) is 0 Å². The minimum atomic E-state index is 0.913. The second-order valence-electron chi connectivity index (χ2n) is 3.45. The average molecular weight is 214 g/mol. The van der Waals surface area contributed by atoms with Crippen molar-refractivity contribution in [3.63, 3.8) is 0 Å². The first-order chi connectivity index (χ1) is 6.72. The van der Waals surface area contributed by atoms with Crippen LogP contribution in [0.5, 0.6) is 0 Å². The van der Waals surface area contributed by atoms with Crippen molar-refractivity contribution in [1.29, 1.82) is 0 Å². The number of nitrogens with one attached hydrogen (secondary N) is 1. The summed E-state index contributed by atoms with van der Waals surface area (Å²) < 4.78 is 4.21. The highest BCUT2D eigenvalue weighted by Gasteiger charge is 2.00. The van der Waals surface area contributed by atoms with Crippen molar-refractivity contribution >= 4 is 16.7 Å². The number of nitrogens with zero attached hydrogens (tertiary/aromatic N) is 3. The molecule has 0 bridgehead atoms. The molecule has 80 valence electrons. The molecule has 0 saturated heterocycles. The highest BCUT2D eigenvalue weighted by atomic mass is 32.1. The highest BCUT2D eigenvalue weighted by molar-refractivity contribution is 7.09. The predicted octanol–water partition coefficient (Wildman–Crippen LogP) is 1.46. The lowest BCUT2D eigenvalue weighted by Crippen LogP contribution is -2.16. The fourth-order valence-electron chi connectivity index (χ4n) is 1.06. The maximum atomic E-state index is 4.33. The Balaban J connectivity index is 2.18. The van der Waals surface area contributed by atoms with Gasteiger partial charge >= 0.3 is 0 Å². The van der Waals surface area contributed by atoms with E-state index in [1.165, 1.54) is 11.5 Å². The minimum absolute atomic E-state index is 0.913. The quantitative estimate of drug-likeness (QED) is 0.728. The van der Waals surface area contributed by atoms with Crippen LogP contribution in [0.3, 0.4) is 0 Å². The van der Waals surface area contributed by atoms with E-state index >= 15 is 0 Å². The molecule has 5 heteroatoms. The summed E-state index contributed by atoms with van der Waals surface area (Å²) >= 11 is 1.45. The van der Waals surface area contributed by atoms with Crippen molar-refractivity contribution in [1.82, 2.24) is 14.3 Å². The third-order valence-corrected chi connectivity index (χ3v) is 2.55. The first kappa shape index (κ1) is 11.4. The normalized spacial score (nSPS) is 10.9. The van der Waals surface area contributed by atoms with Crippen LogP contribution in [-0.2, 0) is 6.42 Å². The lowest BCUT2D eigenvalue weighted by atomic mass is 10.4. The van der Waals surface area contributed by atoms with Crippen LogP contribution in [0.15, 0.2) is 0 Å². The van der Waals surface area contributed by atoms with E-state index in [2.05, 4.69) is 40.6 Å². The van der Waals surface area contributed by atoms with Crippen LogP contribution in [-0.4, -0.2) is 41.4 Å². The van der Waals surface area contributed by atoms with Gasteiger partial charge in [0.05, 0.1) is 0 Å². The third kappa shape index (κ3) is 4.02. The van der Waals surface area contributed by atoms with E-state index in [1.54, 1.807) is 0 Å². The summed E-state index contributed by atoms with van der Waals surface area (Å²) in [5.74, 6) is 0.935. The zero-order valence-corrected chi connectivity index (χ0v) is 9.89. The topological polar surface area (TPSA) is 41.1 Å². The molecule has 0 amide bonds. The van der Waals surface area contributed by atoms with Crippen molar-refractivity contribution in [3.05, 3.63) is 5.82 Å². The van der Waals surface area contributed by atoms with Crippen molar-refractivity contribution in [2.45, 2.75) is 19.8 Å². The second kappa shape index (κ2) is 5.93. The molecule has 4 nitrogen and oxygen atoms in total. The Hall–Kier alpha value is -0.680. The zero-order chi connectivity index (χ0) is 10.4. The van der Waals surface area contributed by atoms with E-state index in [-0.39, 0.29) is 0 Å². The molecule has 1 aromatic rings. The van der Waals surface area contributed by atoms with Crippen molar-refractivity contribution in [3.8, 4) is 0 Å². The zero-order valence-electron chi connectivity index (χ0n) is 9.08. The SMILES string of the molecule is CCc1nsc(NCCCN(C)C)n1. The molecule has 1 heterocycles. The molecule has 1 aromatic heterocycles. The summed E-state index contributed by atoms with van der Waals surface area (Å²) in [5, 5.41) is 4.22. The number of aromatic nitrogens is 2. The average Bonchev–Trinajstić information content (AvgIpc) is 2.60. The maximum absolute atomic E-state index is 4.33. The van der Waals surface area contributed by atoms with E-state index < -0.39 is 0 Å². The predicted molar refractivity (Wildman–Crippen MR) is 60.9 cm³/mol. The van der Waals surface area contributed by atoms with Gasteiger partial charge in [0.1, 0.15) is 5.82 Å². The molecule has 0 fully saturated rings. The van der Waals surface area contributed by atoms with Gasteiger partial charge in [0, 0.05) is 24.5 Å². The van der Waals surface area contributed by atoms with Gasteiger partial charge in [0.15, 0.2) is 0 Å². The number of anilines is 1. The Morgan fingerprint density at radius 2 is 2.21 bits per heavy atom. The maximum Gasteiger partial charge on any atom is 0.202 e. The first-order valence-electron chi connectivity index (χ1n) is 4.93. The van der Waals surface area contributed by atoms with Crippen LogP contribution in [0.4, 0.5) is 5.13 Å². The molecule has 0 atom stereocenters. The largest absolute Gasteiger partial charge is 0.360 e. The summed E-state index contributed by atoms with van der Waals surface area (Å²) in [7, 11) is 4.17. The van der Waals surface area contributed by atoms with E-state index in [0.29, 0.717) is 0 Å². The van der Waals surface area contributed by atoms with E-state index in [1.807, 2.05) is 0 Å². The lowest BCUT2D eigenvalue weighted by Gasteiger charge is -2.08. The molecule has 1 N–H and O–H groups in total. The van der Waals surface area contributed by atoms with Gasteiger partial charge in [-0.25, -0.2) is 4.98 Å². The Morgan fingerprint density at radius 3 is 2.79 bits per heavy atom. The molecule has 0 aromatic carbocycles. The van der Waals surface area contributed by atoms with Crippen LogP contribution in [0.2, 0.25) is 0 Å². The van der Waals surface area contributed by atoms with Gasteiger partial charge in [0.2, 0.25) is 5.13 Å². The molecular formula is C9H18N4S. The van der Waals surface area contributed by atoms with Gasteiger partial charge in [-0.05, 0) is 27.1 Å². The second-order valence-corrected chi connectivity index (χ2v) is 4.20. The van der Waals surface area contributed by atoms with Gasteiger partial charge < -0.3 is 10.2 Å². The van der Waals surface area contributed by atoms with Crippen LogP contribution >= 0.6 is 11.5 Å². The summed E-state index contributed by atoms with van der Waals surface area (Å²) in [4.78, 5) is 6.51. The first-order valence-corrected chi connectivity index (χ1v) is 5.71. The number of hydrogen-bond donors (Lipinski definition) is 1. The molecule has 0 aliphatic rings. The Labute approximate surface area is 89.5 Å². The molecule has 14 heavy (non-hydrogen) atoms. The van der Waals surface area contributed by atoms with Gasteiger partial charge in [0.25, 0.3) is 0 Å². The summed E-state index contributed by atoms with van der Waals surface area (Å²) in [6.07, 6.45) is 2.05. The number of hydrogen-bond acceptors (Lipinski definition) is 5. The third-order valence-electron chi connectivity index (χ3n) is 1.84. The van der Waals surface area contributed by atoms with Gasteiger partial charge in [-0.2, -0.15) is 4.37 Å². The van der Waals surface area contributed by atoms with E-state index in [4.69, 9.17) is 0 Å². The monoisotopic (exact) mass is 214 g/mol. The Bertz CT molecular complexity index is 259. The molecule has 0 spiro atoms. The van der Waals surface area contributed by atoms with Gasteiger partial charge in [-0.15, -0.1) is 0 Å². The van der Waals surface area contributed by atoms with Crippen molar-refractivity contribution in [2.75, 3.05) is 32.5 Å². The van der Waals surface area contributed by atoms with Crippen LogP contribution in [0, 0.1) is 0 Å². The number of aryl methyl sites for hydroxylation is 1. The summed E-state index contributed by atoms with van der Waals surface area (Å²) in [6.45, 7) is 4.14. The van der Waals surface area contributed by atoms with E-state index in [9.17, 15) is 0 Å². The highest BCUT2D eigenvalue weighted by Crippen LogP contribution is 2.10. The molecule has 0 saturated carbocycles.